The summed E-state index contributed by atoms with van der Waals surface area (Å²) >= 11 is 0. The Morgan fingerprint density at radius 2 is 2.11 bits per heavy atom. The van der Waals surface area contributed by atoms with Crippen molar-refractivity contribution in [2.45, 2.75) is 32.1 Å². The van der Waals surface area contributed by atoms with Gasteiger partial charge in [-0.3, -0.25) is 0 Å². The molecule has 1 N–H and O–H groups in total. The van der Waals surface area contributed by atoms with Gasteiger partial charge in [0.15, 0.2) is 0 Å². The monoisotopic (exact) mass is 257 g/mol. The van der Waals surface area contributed by atoms with Crippen molar-refractivity contribution in [3.05, 3.63) is 30.1 Å². The van der Waals surface area contributed by atoms with Gasteiger partial charge in [-0.2, -0.15) is 0 Å². The number of aromatic nitrogens is 2. The van der Waals surface area contributed by atoms with E-state index < -0.39 is 0 Å². The van der Waals surface area contributed by atoms with Crippen molar-refractivity contribution in [2.24, 2.45) is 11.1 Å². The molecule has 1 aliphatic carbocycles. The van der Waals surface area contributed by atoms with Gasteiger partial charge in [0.1, 0.15) is 18.5 Å². The lowest BCUT2D eigenvalue weighted by Gasteiger charge is -2.22. The van der Waals surface area contributed by atoms with Crippen LogP contribution in [0.5, 0.6) is 0 Å². The van der Waals surface area contributed by atoms with Gasteiger partial charge in [0.2, 0.25) is 0 Å². The Kier molecular flexibility index (Phi) is 3.49. The molecule has 0 unspecified atom stereocenters. The molecule has 4 heteroatoms. The number of hydrogen-bond donors (Lipinski definition) is 1. The van der Waals surface area contributed by atoms with E-state index in [0.717, 1.165) is 22.4 Å². The van der Waals surface area contributed by atoms with Gasteiger partial charge < -0.3 is 9.82 Å². The lowest BCUT2D eigenvalue weighted by Crippen LogP contribution is -2.20. The molecular formula is C15H19N3O. The fraction of sp³-hybridized carbons (Fsp3) is 0.467. The maximum Gasteiger partial charge on any atom is 0.138 e. The lowest BCUT2D eigenvalue weighted by molar-refractivity contribution is 0.210. The van der Waals surface area contributed by atoms with Crippen molar-refractivity contribution in [3.8, 4) is 0 Å². The van der Waals surface area contributed by atoms with Crippen LogP contribution in [0.25, 0.3) is 11.0 Å². The van der Waals surface area contributed by atoms with Crippen LogP contribution in [0, 0.1) is 5.92 Å². The summed E-state index contributed by atoms with van der Waals surface area (Å²) in [6.45, 7) is 0. The molecule has 2 heterocycles. The number of fused-ring (bicyclic) bond motifs is 1. The Balaban J connectivity index is 1.96. The van der Waals surface area contributed by atoms with E-state index in [1.165, 1.54) is 32.1 Å². The van der Waals surface area contributed by atoms with Gasteiger partial charge in [0.05, 0.1) is 5.69 Å². The van der Waals surface area contributed by atoms with Crippen LogP contribution < -0.4 is 0 Å². The van der Waals surface area contributed by atoms with Gasteiger partial charge in [0, 0.05) is 17.5 Å². The summed E-state index contributed by atoms with van der Waals surface area (Å²) in [7, 11) is 1.61. The zero-order chi connectivity index (χ0) is 13.1. The number of nitrogens with one attached hydrogen (secondary N) is 1. The molecule has 0 bridgehead atoms. The molecule has 3 rings (SSSR count). The van der Waals surface area contributed by atoms with Crippen LogP contribution in [0.15, 0.2) is 29.6 Å². The van der Waals surface area contributed by atoms with Gasteiger partial charge in [-0.1, -0.05) is 24.4 Å². The largest absolute Gasteiger partial charge is 0.399 e. The van der Waals surface area contributed by atoms with Gasteiger partial charge in [0.25, 0.3) is 0 Å². The number of rotatable bonds is 3. The highest BCUT2D eigenvalue weighted by molar-refractivity contribution is 6.01. The first kappa shape index (κ1) is 12.2. The van der Waals surface area contributed by atoms with E-state index in [1.807, 2.05) is 18.3 Å². The molecule has 1 fully saturated rings. The van der Waals surface area contributed by atoms with Gasteiger partial charge in [-0.15, -0.1) is 0 Å². The summed E-state index contributed by atoms with van der Waals surface area (Å²) in [4.78, 5) is 12.9. The van der Waals surface area contributed by atoms with E-state index in [1.54, 1.807) is 7.11 Å². The number of aromatic amines is 1. The number of pyridine rings is 1. The van der Waals surface area contributed by atoms with Crippen molar-refractivity contribution in [2.75, 3.05) is 7.11 Å². The van der Waals surface area contributed by atoms with Crippen molar-refractivity contribution < 1.29 is 4.84 Å². The first-order chi connectivity index (χ1) is 9.38. The molecular weight excluding hydrogens is 238 g/mol. The molecule has 0 amide bonds. The average Bonchev–Trinajstić information content (AvgIpc) is 2.93. The average molecular weight is 257 g/mol. The van der Waals surface area contributed by atoms with Gasteiger partial charge in [-0.05, 0) is 31.0 Å². The van der Waals surface area contributed by atoms with Crippen molar-refractivity contribution >= 4 is 16.7 Å². The third-order valence-electron chi connectivity index (χ3n) is 3.85. The smallest absolute Gasteiger partial charge is 0.138 e. The molecule has 0 saturated heterocycles. The molecule has 0 atom stereocenters. The number of H-pyrrole nitrogens is 1. The molecule has 19 heavy (non-hydrogen) atoms. The topological polar surface area (TPSA) is 50.3 Å². The number of hydrogen-bond acceptors (Lipinski definition) is 3. The van der Waals surface area contributed by atoms with Crippen LogP contribution in [-0.4, -0.2) is 22.8 Å². The first-order valence-corrected chi connectivity index (χ1v) is 6.94. The maximum atomic E-state index is 5.04. The SMILES string of the molecule is CON=C(c1ccc2cc[nH]c2n1)C1CCCCC1. The van der Waals surface area contributed by atoms with Crippen LogP contribution >= 0.6 is 0 Å². The third kappa shape index (κ3) is 2.48. The standard InChI is InChI=1S/C15H19N3O/c1-19-18-14(11-5-3-2-4-6-11)13-8-7-12-9-10-16-15(12)17-13/h7-11H,2-6H2,1H3,(H,16,17). The Morgan fingerprint density at radius 3 is 2.89 bits per heavy atom. The Labute approximate surface area is 112 Å². The number of nitrogens with zero attached hydrogens (tertiary/aromatic N) is 2. The summed E-state index contributed by atoms with van der Waals surface area (Å²) in [6.07, 6.45) is 8.17. The van der Waals surface area contributed by atoms with Crippen LogP contribution in [0.2, 0.25) is 0 Å². The second-order valence-corrected chi connectivity index (χ2v) is 5.11. The molecule has 1 saturated carbocycles. The van der Waals surface area contributed by atoms with Crippen molar-refractivity contribution in [1.29, 1.82) is 0 Å². The third-order valence-corrected chi connectivity index (χ3v) is 3.85. The molecule has 2 aromatic heterocycles. The van der Waals surface area contributed by atoms with Crippen molar-refractivity contribution in [1.82, 2.24) is 9.97 Å². The molecule has 0 aliphatic heterocycles. The minimum absolute atomic E-state index is 0.480. The number of oxime groups is 1. The molecule has 1 aliphatic rings. The summed E-state index contributed by atoms with van der Waals surface area (Å²) < 4.78 is 0. The van der Waals surface area contributed by atoms with Crippen LogP contribution in [0.1, 0.15) is 37.8 Å². The highest BCUT2D eigenvalue weighted by Crippen LogP contribution is 2.27. The minimum Gasteiger partial charge on any atom is -0.399 e. The Bertz CT molecular complexity index is 582. The normalized spacial score (nSPS) is 17.8. The van der Waals surface area contributed by atoms with E-state index in [-0.39, 0.29) is 0 Å². The lowest BCUT2D eigenvalue weighted by atomic mass is 9.84. The van der Waals surface area contributed by atoms with E-state index in [0.29, 0.717) is 5.92 Å². The Morgan fingerprint density at radius 1 is 1.26 bits per heavy atom. The summed E-state index contributed by atoms with van der Waals surface area (Å²) in [6, 6.07) is 6.16. The quantitative estimate of drug-likeness (QED) is 0.676. The van der Waals surface area contributed by atoms with E-state index >= 15 is 0 Å². The second kappa shape index (κ2) is 5.43. The highest BCUT2D eigenvalue weighted by Gasteiger charge is 2.22. The van der Waals surface area contributed by atoms with Crippen LogP contribution in [0.3, 0.4) is 0 Å². The van der Waals surface area contributed by atoms with Crippen LogP contribution in [-0.2, 0) is 4.84 Å². The summed E-state index contributed by atoms with van der Waals surface area (Å²) in [5, 5.41) is 5.38. The Hall–Kier alpha value is -1.84. The van der Waals surface area contributed by atoms with Crippen molar-refractivity contribution in [3.63, 3.8) is 0 Å². The van der Waals surface area contributed by atoms with Gasteiger partial charge >= 0.3 is 0 Å². The fourth-order valence-electron chi connectivity index (χ4n) is 2.88. The maximum absolute atomic E-state index is 5.04. The molecule has 2 aromatic rings. The van der Waals surface area contributed by atoms with E-state index in [4.69, 9.17) is 4.84 Å². The second-order valence-electron chi connectivity index (χ2n) is 5.11. The zero-order valence-electron chi connectivity index (χ0n) is 11.2. The van der Waals surface area contributed by atoms with Crippen LogP contribution in [0.4, 0.5) is 0 Å². The molecule has 100 valence electrons. The van der Waals surface area contributed by atoms with E-state index in [9.17, 15) is 0 Å². The predicted octanol–water partition coefficient (Wildman–Crippen LogP) is 3.49. The molecule has 0 radical (unpaired) electrons. The molecule has 0 spiro atoms. The molecule has 0 aromatic carbocycles. The summed E-state index contributed by atoms with van der Waals surface area (Å²) in [5.74, 6) is 0.480. The van der Waals surface area contributed by atoms with Gasteiger partial charge in [-0.25, -0.2) is 4.98 Å². The first-order valence-electron chi connectivity index (χ1n) is 6.94. The zero-order valence-corrected chi connectivity index (χ0v) is 11.2. The fourth-order valence-corrected chi connectivity index (χ4v) is 2.88. The minimum atomic E-state index is 0.480. The highest BCUT2D eigenvalue weighted by atomic mass is 16.6. The molecule has 4 nitrogen and oxygen atoms in total. The predicted molar refractivity (Wildman–Crippen MR) is 76.2 cm³/mol. The van der Waals surface area contributed by atoms with E-state index in [2.05, 4.69) is 21.2 Å². The summed E-state index contributed by atoms with van der Waals surface area (Å²) in [5.41, 5.74) is 2.85.